The SMILES string of the molecule is Cc1ccc(C(=O)NC2(C)CCNC2)c(Br)c1. The van der Waals surface area contributed by atoms with Gasteiger partial charge >= 0.3 is 0 Å². The van der Waals surface area contributed by atoms with Gasteiger partial charge in [-0.15, -0.1) is 0 Å². The fourth-order valence-corrected chi connectivity index (χ4v) is 2.74. The first-order chi connectivity index (χ1) is 8.00. The normalized spacial score (nSPS) is 23.7. The number of halogens is 1. The summed E-state index contributed by atoms with van der Waals surface area (Å²) in [6.45, 7) is 5.88. The molecule has 1 saturated heterocycles. The predicted molar refractivity (Wildman–Crippen MR) is 72.2 cm³/mol. The molecular weight excluding hydrogens is 280 g/mol. The molecule has 0 bridgehead atoms. The Morgan fingerprint density at radius 2 is 2.29 bits per heavy atom. The third-order valence-corrected chi connectivity index (χ3v) is 3.81. The van der Waals surface area contributed by atoms with Gasteiger partial charge in [-0.25, -0.2) is 0 Å². The second-order valence-corrected chi connectivity index (χ2v) is 5.78. The fraction of sp³-hybridized carbons (Fsp3) is 0.462. The van der Waals surface area contributed by atoms with Gasteiger partial charge in [-0.1, -0.05) is 6.07 Å². The highest BCUT2D eigenvalue weighted by Gasteiger charge is 2.30. The van der Waals surface area contributed by atoms with Crippen LogP contribution in [0.4, 0.5) is 0 Å². The van der Waals surface area contributed by atoms with Crippen LogP contribution in [0.25, 0.3) is 0 Å². The third kappa shape index (κ3) is 2.87. The number of hydrogen-bond donors (Lipinski definition) is 2. The summed E-state index contributed by atoms with van der Waals surface area (Å²) in [5.74, 6) is -0.0110. The van der Waals surface area contributed by atoms with E-state index < -0.39 is 0 Å². The van der Waals surface area contributed by atoms with Crippen molar-refractivity contribution < 1.29 is 4.79 Å². The number of benzene rings is 1. The number of rotatable bonds is 2. The maximum absolute atomic E-state index is 12.2. The molecule has 92 valence electrons. The Hall–Kier alpha value is -0.870. The lowest BCUT2D eigenvalue weighted by Gasteiger charge is -2.24. The highest BCUT2D eigenvalue weighted by Crippen LogP contribution is 2.20. The number of amides is 1. The molecule has 1 atom stereocenters. The third-order valence-electron chi connectivity index (χ3n) is 3.15. The van der Waals surface area contributed by atoms with E-state index in [2.05, 4.69) is 33.5 Å². The van der Waals surface area contributed by atoms with E-state index in [1.54, 1.807) is 0 Å². The molecule has 17 heavy (non-hydrogen) atoms. The van der Waals surface area contributed by atoms with Gasteiger partial charge in [0.15, 0.2) is 0 Å². The van der Waals surface area contributed by atoms with Gasteiger partial charge < -0.3 is 10.6 Å². The number of nitrogens with one attached hydrogen (secondary N) is 2. The Morgan fingerprint density at radius 3 is 2.88 bits per heavy atom. The van der Waals surface area contributed by atoms with E-state index in [0.29, 0.717) is 5.56 Å². The predicted octanol–water partition coefficient (Wildman–Crippen LogP) is 2.24. The molecule has 1 fully saturated rings. The van der Waals surface area contributed by atoms with Crippen molar-refractivity contribution in [2.45, 2.75) is 25.8 Å². The van der Waals surface area contributed by atoms with Gasteiger partial charge in [0.1, 0.15) is 0 Å². The van der Waals surface area contributed by atoms with Crippen molar-refractivity contribution >= 4 is 21.8 Å². The molecule has 1 heterocycles. The molecule has 1 aromatic rings. The van der Waals surface area contributed by atoms with Gasteiger partial charge in [0.05, 0.1) is 11.1 Å². The first-order valence-electron chi connectivity index (χ1n) is 5.80. The standard InChI is InChI=1S/C13H17BrN2O/c1-9-3-4-10(11(14)7-9)12(17)16-13(2)5-6-15-8-13/h3-4,7,15H,5-6,8H2,1-2H3,(H,16,17). The van der Waals surface area contributed by atoms with E-state index in [4.69, 9.17) is 0 Å². The molecule has 1 amide bonds. The number of carbonyl (C=O) groups excluding carboxylic acids is 1. The van der Waals surface area contributed by atoms with E-state index in [9.17, 15) is 4.79 Å². The van der Waals surface area contributed by atoms with Crippen LogP contribution >= 0.6 is 15.9 Å². The summed E-state index contributed by atoms with van der Waals surface area (Å²) in [6.07, 6.45) is 0.974. The van der Waals surface area contributed by atoms with Crippen LogP contribution in [0.2, 0.25) is 0 Å². The summed E-state index contributed by atoms with van der Waals surface area (Å²) < 4.78 is 0.851. The number of hydrogen-bond acceptors (Lipinski definition) is 2. The maximum atomic E-state index is 12.2. The molecule has 1 aromatic carbocycles. The van der Waals surface area contributed by atoms with Crippen molar-refractivity contribution in [2.75, 3.05) is 13.1 Å². The van der Waals surface area contributed by atoms with Crippen molar-refractivity contribution in [1.29, 1.82) is 0 Å². The van der Waals surface area contributed by atoms with Gasteiger partial charge in [0.25, 0.3) is 5.91 Å². The molecule has 3 nitrogen and oxygen atoms in total. The molecule has 1 aliphatic heterocycles. The molecule has 0 radical (unpaired) electrons. The van der Waals surface area contributed by atoms with Gasteiger partial charge in [-0.2, -0.15) is 0 Å². The van der Waals surface area contributed by atoms with E-state index >= 15 is 0 Å². The zero-order chi connectivity index (χ0) is 12.5. The Bertz CT molecular complexity index is 439. The van der Waals surface area contributed by atoms with Crippen LogP contribution in [0.1, 0.15) is 29.3 Å². The topological polar surface area (TPSA) is 41.1 Å². The zero-order valence-electron chi connectivity index (χ0n) is 10.1. The van der Waals surface area contributed by atoms with Gasteiger partial charge in [-0.3, -0.25) is 4.79 Å². The number of aryl methyl sites for hydroxylation is 1. The molecule has 1 aliphatic rings. The highest BCUT2D eigenvalue weighted by molar-refractivity contribution is 9.10. The first-order valence-corrected chi connectivity index (χ1v) is 6.59. The molecule has 0 spiro atoms. The monoisotopic (exact) mass is 296 g/mol. The molecule has 2 N–H and O–H groups in total. The lowest BCUT2D eigenvalue weighted by Crippen LogP contribution is -2.47. The average molecular weight is 297 g/mol. The van der Waals surface area contributed by atoms with Gasteiger partial charge in [0.2, 0.25) is 0 Å². The molecule has 4 heteroatoms. The van der Waals surface area contributed by atoms with Crippen LogP contribution in [0.15, 0.2) is 22.7 Å². The lowest BCUT2D eigenvalue weighted by atomic mass is 10.0. The zero-order valence-corrected chi connectivity index (χ0v) is 11.7. The molecule has 2 rings (SSSR count). The molecule has 0 aliphatic carbocycles. The fourth-order valence-electron chi connectivity index (χ4n) is 2.07. The Kier molecular flexibility index (Phi) is 3.54. The Morgan fingerprint density at radius 1 is 1.53 bits per heavy atom. The van der Waals surface area contributed by atoms with Crippen molar-refractivity contribution in [3.05, 3.63) is 33.8 Å². The summed E-state index contributed by atoms with van der Waals surface area (Å²) in [5, 5.41) is 6.37. The first kappa shape index (κ1) is 12.6. The Balaban J connectivity index is 2.14. The lowest BCUT2D eigenvalue weighted by molar-refractivity contribution is 0.0912. The Labute approximate surface area is 110 Å². The van der Waals surface area contributed by atoms with Crippen molar-refractivity contribution in [3.63, 3.8) is 0 Å². The smallest absolute Gasteiger partial charge is 0.252 e. The summed E-state index contributed by atoms with van der Waals surface area (Å²) in [6, 6.07) is 5.78. The van der Waals surface area contributed by atoms with E-state index in [0.717, 1.165) is 29.5 Å². The second-order valence-electron chi connectivity index (χ2n) is 4.92. The van der Waals surface area contributed by atoms with Crippen molar-refractivity contribution in [3.8, 4) is 0 Å². The minimum Gasteiger partial charge on any atom is -0.346 e. The minimum absolute atomic E-state index is 0.0110. The van der Waals surface area contributed by atoms with Crippen LogP contribution < -0.4 is 10.6 Å². The van der Waals surface area contributed by atoms with Crippen molar-refractivity contribution in [2.24, 2.45) is 0 Å². The minimum atomic E-state index is -0.124. The molecule has 1 unspecified atom stereocenters. The summed E-state index contributed by atoms with van der Waals surface area (Å²) in [7, 11) is 0. The summed E-state index contributed by atoms with van der Waals surface area (Å²) in [4.78, 5) is 12.2. The second kappa shape index (κ2) is 4.78. The van der Waals surface area contributed by atoms with Crippen LogP contribution in [-0.2, 0) is 0 Å². The summed E-state index contributed by atoms with van der Waals surface area (Å²) in [5.41, 5.74) is 1.72. The van der Waals surface area contributed by atoms with Crippen molar-refractivity contribution in [1.82, 2.24) is 10.6 Å². The van der Waals surface area contributed by atoms with Gasteiger partial charge in [-0.05, 0) is 60.4 Å². The van der Waals surface area contributed by atoms with Crippen LogP contribution in [-0.4, -0.2) is 24.5 Å². The highest BCUT2D eigenvalue weighted by atomic mass is 79.9. The summed E-state index contributed by atoms with van der Waals surface area (Å²) >= 11 is 3.44. The van der Waals surface area contributed by atoms with Crippen LogP contribution in [0, 0.1) is 6.92 Å². The van der Waals surface area contributed by atoms with Crippen LogP contribution in [0.5, 0.6) is 0 Å². The molecule has 0 saturated carbocycles. The van der Waals surface area contributed by atoms with Crippen LogP contribution in [0.3, 0.4) is 0 Å². The maximum Gasteiger partial charge on any atom is 0.252 e. The van der Waals surface area contributed by atoms with E-state index in [1.807, 2.05) is 25.1 Å². The largest absolute Gasteiger partial charge is 0.346 e. The van der Waals surface area contributed by atoms with E-state index in [1.165, 1.54) is 0 Å². The van der Waals surface area contributed by atoms with Gasteiger partial charge in [0, 0.05) is 11.0 Å². The average Bonchev–Trinajstić information content (AvgIpc) is 2.64. The molecule has 0 aromatic heterocycles. The van der Waals surface area contributed by atoms with E-state index in [-0.39, 0.29) is 11.4 Å². The quantitative estimate of drug-likeness (QED) is 0.879. The number of carbonyl (C=O) groups is 1. The molecular formula is C13H17BrN2O.